The van der Waals surface area contributed by atoms with Gasteiger partial charge in [0.25, 0.3) is 0 Å². The van der Waals surface area contributed by atoms with Crippen molar-refractivity contribution in [2.24, 2.45) is 0 Å². The Morgan fingerprint density at radius 2 is 1.09 bits per heavy atom. The summed E-state index contributed by atoms with van der Waals surface area (Å²) in [6, 6.07) is 18.2. The number of anilines is 2. The second kappa shape index (κ2) is 8.36. The third kappa shape index (κ3) is 4.72. The van der Waals surface area contributed by atoms with Gasteiger partial charge in [0.05, 0.1) is 0 Å². The van der Waals surface area contributed by atoms with Crippen LogP contribution in [0.15, 0.2) is 48.5 Å². The molecule has 3 heteroatoms. The molecule has 0 saturated carbocycles. The van der Waals surface area contributed by atoms with Gasteiger partial charge in [-0.2, -0.15) is 0 Å². The molecule has 0 atom stereocenters. The van der Waals surface area contributed by atoms with Gasteiger partial charge in [0.15, 0.2) is 0 Å². The predicted molar refractivity (Wildman–Crippen MR) is 108 cm³/mol. The number of unbranched alkanes of at least 4 members (excludes halogenated alkanes) is 1. The second-order valence-electron chi connectivity index (χ2n) is 6.33. The van der Waals surface area contributed by atoms with E-state index in [9.17, 15) is 0 Å². The Morgan fingerprint density at radius 1 is 0.696 bits per heavy atom. The van der Waals surface area contributed by atoms with Crippen molar-refractivity contribution in [3.05, 3.63) is 48.5 Å². The molecular formula is C20H29N2P. The van der Waals surface area contributed by atoms with Crippen molar-refractivity contribution < 1.29 is 0 Å². The minimum atomic E-state index is -0.257. The maximum absolute atomic E-state index is 2.32. The highest BCUT2D eigenvalue weighted by atomic mass is 31.1. The van der Waals surface area contributed by atoms with Crippen molar-refractivity contribution in [1.82, 2.24) is 0 Å². The fourth-order valence-electron chi connectivity index (χ4n) is 2.58. The summed E-state index contributed by atoms with van der Waals surface area (Å²) in [6.07, 6.45) is 3.81. The average molecular weight is 328 g/mol. The molecule has 0 spiro atoms. The van der Waals surface area contributed by atoms with E-state index in [-0.39, 0.29) is 7.92 Å². The topological polar surface area (TPSA) is 6.48 Å². The first-order chi connectivity index (χ1) is 11.0. The van der Waals surface area contributed by atoms with Crippen LogP contribution in [-0.2, 0) is 0 Å². The van der Waals surface area contributed by atoms with Crippen LogP contribution < -0.4 is 20.4 Å². The summed E-state index contributed by atoms with van der Waals surface area (Å²) in [7, 11) is 8.11. The van der Waals surface area contributed by atoms with Crippen molar-refractivity contribution in [2.75, 3.05) is 44.2 Å². The van der Waals surface area contributed by atoms with E-state index in [0.29, 0.717) is 0 Å². The number of hydrogen-bond acceptors (Lipinski definition) is 2. The first-order valence-electron chi connectivity index (χ1n) is 8.35. The van der Waals surface area contributed by atoms with Gasteiger partial charge in [0.2, 0.25) is 0 Å². The van der Waals surface area contributed by atoms with Gasteiger partial charge in [0.1, 0.15) is 0 Å². The zero-order chi connectivity index (χ0) is 16.8. The smallest absolute Gasteiger partial charge is 0.0361 e. The van der Waals surface area contributed by atoms with Crippen LogP contribution in [0.1, 0.15) is 19.8 Å². The molecule has 0 aliphatic heterocycles. The van der Waals surface area contributed by atoms with E-state index in [1.54, 1.807) is 0 Å². The number of rotatable bonds is 7. The summed E-state index contributed by atoms with van der Waals surface area (Å²) in [6.45, 7) is 2.28. The number of benzene rings is 2. The number of nitrogens with zero attached hydrogens (tertiary/aromatic N) is 2. The summed E-state index contributed by atoms with van der Waals surface area (Å²) in [4.78, 5) is 4.31. The highest BCUT2D eigenvalue weighted by molar-refractivity contribution is 7.73. The van der Waals surface area contributed by atoms with Crippen molar-refractivity contribution in [2.45, 2.75) is 19.8 Å². The minimum Gasteiger partial charge on any atom is -0.378 e. The zero-order valence-corrected chi connectivity index (χ0v) is 16.0. The summed E-state index contributed by atoms with van der Waals surface area (Å²) in [5, 5.41) is 2.97. The van der Waals surface area contributed by atoms with Gasteiger partial charge in [-0.15, -0.1) is 0 Å². The van der Waals surface area contributed by atoms with Crippen LogP contribution in [0.2, 0.25) is 0 Å². The zero-order valence-electron chi connectivity index (χ0n) is 15.1. The Kier molecular flexibility index (Phi) is 6.47. The molecule has 0 aromatic heterocycles. The molecule has 0 saturated heterocycles. The molecule has 124 valence electrons. The van der Waals surface area contributed by atoms with Crippen molar-refractivity contribution in [3.8, 4) is 0 Å². The highest BCUT2D eigenvalue weighted by Gasteiger charge is 2.13. The highest BCUT2D eigenvalue weighted by Crippen LogP contribution is 2.35. The SMILES string of the molecule is CCCCP(c1ccc(N(C)C)cc1)c1ccc(N(C)C)cc1. The van der Waals surface area contributed by atoms with Gasteiger partial charge >= 0.3 is 0 Å². The van der Waals surface area contributed by atoms with E-state index in [1.807, 2.05) is 0 Å². The molecule has 0 amide bonds. The van der Waals surface area contributed by atoms with Crippen LogP contribution in [0.25, 0.3) is 0 Å². The fraction of sp³-hybridized carbons (Fsp3) is 0.400. The molecule has 2 nitrogen and oxygen atoms in total. The molecule has 2 aromatic rings. The largest absolute Gasteiger partial charge is 0.378 e. The van der Waals surface area contributed by atoms with Crippen molar-refractivity contribution in [3.63, 3.8) is 0 Å². The molecule has 0 bridgehead atoms. The molecule has 23 heavy (non-hydrogen) atoms. The van der Waals surface area contributed by atoms with Crippen LogP contribution in [-0.4, -0.2) is 34.4 Å². The lowest BCUT2D eigenvalue weighted by Gasteiger charge is -2.21. The van der Waals surface area contributed by atoms with Crippen LogP contribution in [0.5, 0.6) is 0 Å². The molecule has 0 fully saturated rings. The Bertz CT molecular complexity index is 537. The Labute approximate surface area is 142 Å². The maximum Gasteiger partial charge on any atom is 0.0361 e. The van der Waals surface area contributed by atoms with Crippen molar-refractivity contribution in [1.29, 1.82) is 0 Å². The van der Waals surface area contributed by atoms with Crippen LogP contribution in [0, 0.1) is 0 Å². The lowest BCUT2D eigenvalue weighted by Crippen LogP contribution is -2.16. The van der Waals surface area contributed by atoms with Gasteiger partial charge < -0.3 is 9.80 Å². The van der Waals surface area contributed by atoms with Gasteiger partial charge in [-0.1, -0.05) is 37.6 Å². The molecule has 0 heterocycles. The van der Waals surface area contributed by atoms with E-state index < -0.39 is 0 Å². The fourth-order valence-corrected chi connectivity index (χ4v) is 5.05. The van der Waals surface area contributed by atoms with E-state index in [1.165, 1.54) is 41.0 Å². The van der Waals surface area contributed by atoms with E-state index in [4.69, 9.17) is 0 Å². The average Bonchev–Trinajstić information content (AvgIpc) is 2.56. The molecule has 0 aliphatic rings. The Balaban J connectivity index is 2.28. The van der Waals surface area contributed by atoms with Gasteiger partial charge in [-0.25, -0.2) is 0 Å². The van der Waals surface area contributed by atoms with E-state index in [2.05, 4.69) is 93.4 Å². The van der Waals surface area contributed by atoms with Crippen LogP contribution in [0.4, 0.5) is 11.4 Å². The van der Waals surface area contributed by atoms with Crippen LogP contribution >= 0.6 is 7.92 Å². The summed E-state index contributed by atoms with van der Waals surface area (Å²) in [5.41, 5.74) is 2.53. The van der Waals surface area contributed by atoms with Gasteiger partial charge in [-0.05, 0) is 55.4 Å². The third-order valence-corrected chi connectivity index (χ3v) is 6.70. The molecule has 0 aliphatic carbocycles. The lowest BCUT2D eigenvalue weighted by atomic mass is 10.3. The second-order valence-corrected chi connectivity index (χ2v) is 8.66. The molecule has 0 N–H and O–H groups in total. The summed E-state index contributed by atoms with van der Waals surface area (Å²) < 4.78 is 0. The monoisotopic (exact) mass is 328 g/mol. The Hall–Kier alpha value is -1.53. The summed E-state index contributed by atoms with van der Waals surface area (Å²) in [5.74, 6) is 0. The molecule has 2 rings (SSSR count). The first kappa shape index (κ1) is 17.8. The predicted octanol–water partition coefficient (Wildman–Crippen LogP) is 4.05. The first-order valence-corrected chi connectivity index (χ1v) is 9.88. The number of hydrogen-bond donors (Lipinski definition) is 0. The van der Waals surface area contributed by atoms with Gasteiger partial charge in [-0.3, -0.25) is 0 Å². The minimum absolute atomic E-state index is 0.257. The molecule has 0 unspecified atom stereocenters. The van der Waals surface area contributed by atoms with Crippen molar-refractivity contribution >= 4 is 29.9 Å². The van der Waals surface area contributed by atoms with Gasteiger partial charge in [0, 0.05) is 39.6 Å². The molecular weight excluding hydrogens is 299 g/mol. The molecule has 0 radical (unpaired) electrons. The standard InChI is InChI=1S/C20H29N2P/c1-6-7-16-23(19-12-8-17(9-13-19)21(2)3)20-14-10-18(11-15-20)22(4)5/h8-15H,6-7,16H2,1-5H3. The molecule has 2 aromatic carbocycles. The quantitative estimate of drug-likeness (QED) is 0.708. The summed E-state index contributed by atoms with van der Waals surface area (Å²) >= 11 is 0. The maximum atomic E-state index is 2.32. The Morgan fingerprint density at radius 3 is 1.39 bits per heavy atom. The van der Waals surface area contributed by atoms with E-state index in [0.717, 1.165) is 0 Å². The third-order valence-electron chi connectivity index (χ3n) is 4.09. The lowest BCUT2D eigenvalue weighted by molar-refractivity contribution is 0.893. The van der Waals surface area contributed by atoms with Crippen LogP contribution in [0.3, 0.4) is 0 Å². The normalized spacial score (nSPS) is 10.9. The van der Waals surface area contributed by atoms with E-state index >= 15 is 0 Å².